The van der Waals surface area contributed by atoms with Crippen LogP contribution in [0.1, 0.15) is 16.8 Å². The number of rotatable bonds is 3. The summed E-state index contributed by atoms with van der Waals surface area (Å²) in [6.45, 7) is 1.94. The van der Waals surface area contributed by atoms with Crippen molar-refractivity contribution in [2.45, 2.75) is 13.5 Å². The lowest BCUT2D eigenvalue weighted by atomic mass is 10.2. The summed E-state index contributed by atoms with van der Waals surface area (Å²) in [4.78, 5) is 0. The van der Waals surface area contributed by atoms with Crippen molar-refractivity contribution >= 4 is 11.6 Å². The molecular formula is C13H11ClFN3O. The first kappa shape index (κ1) is 13.4. The lowest BCUT2D eigenvalue weighted by Gasteiger charge is -2.08. The highest BCUT2D eigenvalue weighted by Gasteiger charge is 2.14. The Morgan fingerprint density at radius 2 is 2.26 bits per heavy atom. The lowest BCUT2D eigenvalue weighted by Crippen LogP contribution is -2.00. The second-order valence-corrected chi connectivity index (χ2v) is 4.35. The Morgan fingerprint density at radius 3 is 2.84 bits per heavy atom. The van der Waals surface area contributed by atoms with Gasteiger partial charge in [0.2, 0.25) is 0 Å². The predicted molar refractivity (Wildman–Crippen MR) is 68.4 cm³/mol. The highest BCUT2D eigenvalue weighted by atomic mass is 35.5. The Morgan fingerprint density at radius 1 is 1.53 bits per heavy atom. The normalized spacial score (nSPS) is 10.3. The highest BCUT2D eigenvalue weighted by Crippen LogP contribution is 2.24. The van der Waals surface area contributed by atoms with Gasteiger partial charge in [0.15, 0.2) is 0 Å². The number of ether oxygens (including phenoxy) is 1. The predicted octanol–water partition coefficient (Wildman–Crippen LogP) is 2.97. The van der Waals surface area contributed by atoms with Gasteiger partial charge in [-0.1, -0.05) is 17.7 Å². The van der Waals surface area contributed by atoms with E-state index in [-0.39, 0.29) is 17.9 Å². The number of aryl methyl sites for hydroxylation is 2. The molecule has 6 heteroatoms. The number of benzene rings is 1. The van der Waals surface area contributed by atoms with Crippen LogP contribution in [0.5, 0.6) is 5.75 Å². The zero-order valence-corrected chi connectivity index (χ0v) is 11.2. The van der Waals surface area contributed by atoms with E-state index in [4.69, 9.17) is 21.6 Å². The first-order valence-corrected chi connectivity index (χ1v) is 5.91. The molecule has 4 nitrogen and oxygen atoms in total. The van der Waals surface area contributed by atoms with Crippen molar-refractivity contribution in [3.8, 4) is 11.8 Å². The van der Waals surface area contributed by atoms with Gasteiger partial charge < -0.3 is 4.74 Å². The molecule has 0 aliphatic carbocycles. The molecular weight excluding hydrogens is 269 g/mol. The Labute approximate surface area is 115 Å². The van der Waals surface area contributed by atoms with Crippen LogP contribution in [0.4, 0.5) is 4.39 Å². The van der Waals surface area contributed by atoms with Crippen molar-refractivity contribution in [3.63, 3.8) is 0 Å². The van der Waals surface area contributed by atoms with E-state index in [2.05, 4.69) is 5.10 Å². The van der Waals surface area contributed by atoms with Crippen LogP contribution in [0.25, 0.3) is 0 Å². The van der Waals surface area contributed by atoms with Crippen LogP contribution in [-0.4, -0.2) is 9.78 Å². The Hall–Kier alpha value is -2.06. The van der Waals surface area contributed by atoms with Gasteiger partial charge in [0.05, 0.1) is 5.69 Å². The van der Waals surface area contributed by atoms with Crippen LogP contribution in [0.2, 0.25) is 5.15 Å². The molecule has 0 saturated heterocycles. The van der Waals surface area contributed by atoms with E-state index in [9.17, 15) is 4.39 Å². The molecule has 19 heavy (non-hydrogen) atoms. The van der Waals surface area contributed by atoms with Crippen molar-refractivity contribution in [1.29, 1.82) is 5.26 Å². The van der Waals surface area contributed by atoms with Crippen molar-refractivity contribution in [2.24, 2.45) is 7.05 Å². The summed E-state index contributed by atoms with van der Waals surface area (Å²) in [5, 5.41) is 13.5. The summed E-state index contributed by atoms with van der Waals surface area (Å²) in [5.41, 5.74) is 1.35. The van der Waals surface area contributed by atoms with Gasteiger partial charge in [0.25, 0.3) is 0 Å². The van der Waals surface area contributed by atoms with Gasteiger partial charge >= 0.3 is 0 Å². The Bertz CT molecular complexity index is 661. The average molecular weight is 280 g/mol. The minimum absolute atomic E-state index is 0.111. The van der Waals surface area contributed by atoms with Crippen LogP contribution in [0.15, 0.2) is 18.2 Å². The topological polar surface area (TPSA) is 50.8 Å². The molecule has 0 aliphatic heterocycles. The van der Waals surface area contributed by atoms with Crippen LogP contribution in [0, 0.1) is 24.1 Å². The fraction of sp³-hybridized carbons (Fsp3) is 0.231. The Kier molecular flexibility index (Phi) is 3.72. The molecule has 0 N–H and O–H groups in total. The first-order valence-electron chi connectivity index (χ1n) is 5.54. The van der Waals surface area contributed by atoms with E-state index in [0.29, 0.717) is 5.15 Å². The maximum atomic E-state index is 13.4. The molecule has 0 unspecified atom stereocenters. The van der Waals surface area contributed by atoms with Crippen molar-refractivity contribution in [2.75, 3.05) is 0 Å². The van der Waals surface area contributed by atoms with Crippen LogP contribution in [0.3, 0.4) is 0 Å². The zero-order chi connectivity index (χ0) is 14.0. The number of nitriles is 1. The third kappa shape index (κ3) is 2.54. The van der Waals surface area contributed by atoms with Gasteiger partial charge in [-0.15, -0.1) is 0 Å². The van der Waals surface area contributed by atoms with Gasteiger partial charge in [-0.2, -0.15) is 10.4 Å². The molecule has 1 aromatic carbocycles. The highest BCUT2D eigenvalue weighted by molar-refractivity contribution is 6.30. The van der Waals surface area contributed by atoms with Gasteiger partial charge in [-0.3, -0.25) is 4.68 Å². The van der Waals surface area contributed by atoms with Crippen molar-refractivity contribution in [1.82, 2.24) is 9.78 Å². The number of aromatic nitrogens is 2. The molecule has 0 bridgehead atoms. The van der Waals surface area contributed by atoms with Crippen LogP contribution >= 0.6 is 11.6 Å². The molecule has 1 heterocycles. The van der Waals surface area contributed by atoms with Gasteiger partial charge in [0, 0.05) is 12.6 Å². The molecule has 98 valence electrons. The molecule has 2 rings (SSSR count). The minimum atomic E-state index is -0.603. The molecule has 2 aromatic rings. The monoisotopic (exact) mass is 279 g/mol. The molecule has 0 amide bonds. The molecule has 0 fully saturated rings. The summed E-state index contributed by atoms with van der Waals surface area (Å²) >= 11 is 6.07. The molecule has 0 spiro atoms. The number of nitrogens with zero attached hydrogens (tertiary/aromatic N) is 3. The number of halogens is 2. The van der Waals surface area contributed by atoms with Crippen LogP contribution in [-0.2, 0) is 13.7 Å². The third-order valence-corrected chi connectivity index (χ3v) is 3.20. The third-order valence-electron chi connectivity index (χ3n) is 2.73. The van der Waals surface area contributed by atoms with Gasteiger partial charge in [0.1, 0.15) is 35.0 Å². The molecule has 0 atom stereocenters. The molecule has 0 radical (unpaired) electrons. The van der Waals surface area contributed by atoms with Crippen molar-refractivity contribution in [3.05, 3.63) is 46.0 Å². The maximum Gasteiger partial charge on any atom is 0.144 e. The average Bonchev–Trinajstić information content (AvgIpc) is 2.61. The van der Waals surface area contributed by atoms with E-state index in [1.165, 1.54) is 16.8 Å². The lowest BCUT2D eigenvalue weighted by molar-refractivity contribution is 0.303. The summed E-state index contributed by atoms with van der Waals surface area (Å²) < 4.78 is 20.4. The smallest absolute Gasteiger partial charge is 0.144 e. The largest absolute Gasteiger partial charge is 0.487 e. The van der Waals surface area contributed by atoms with Gasteiger partial charge in [-0.05, 0) is 19.1 Å². The van der Waals surface area contributed by atoms with E-state index >= 15 is 0 Å². The van der Waals surface area contributed by atoms with Crippen molar-refractivity contribution < 1.29 is 9.13 Å². The summed E-state index contributed by atoms with van der Waals surface area (Å²) in [5.74, 6) is -0.407. The van der Waals surface area contributed by atoms with E-state index in [1.54, 1.807) is 26.1 Å². The number of hydrogen-bond acceptors (Lipinski definition) is 3. The quantitative estimate of drug-likeness (QED) is 0.868. The fourth-order valence-electron chi connectivity index (χ4n) is 1.72. The maximum absolute atomic E-state index is 13.4. The second-order valence-electron chi connectivity index (χ2n) is 3.99. The van der Waals surface area contributed by atoms with E-state index < -0.39 is 5.82 Å². The summed E-state index contributed by atoms with van der Waals surface area (Å²) in [6, 6.07) is 6.03. The molecule has 0 saturated carbocycles. The fourth-order valence-corrected chi connectivity index (χ4v) is 1.95. The van der Waals surface area contributed by atoms with Gasteiger partial charge in [-0.25, -0.2) is 4.39 Å². The zero-order valence-electron chi connectivity index (χ0n) is 10.4. The first-order chi connectivity index (χ1) is 9.04. The Balaban J connectivity index is 2.25. The summed E-state index contributed by atoms with van der Waals surface area (Å²) in [7, 11) is 1.72. The molecule has 1 aromatic heterocycles. The summed E-state index contributed by atoms with van der Waals surface area (Å²) in [6.07, 6.45) is 0. The SMILES string of the molecule is Cc1nn(C)c(Cl)c1COc1cccc(F)c1C#N. The van der Waals surface area contributed by atoms with Crippen LogP contribution < -0.4 is 4.74 Å². The number of hydrogen-bond donors (Lipinski definition) is 0. The van der Waals surface area contributed by atoms with E-state index in [1.807, 2.05) is 0 Å². The standard InChI is InChI=1S/C13H11ClFN3O/c1-8-10(13(14)18(2)17-8)7-19-12-5-3-4-11(15)9(12)6-16/h3-5H,7H2,1-2H3. The van der Waals surface area contributed by atoms with E-state index in [0.717, 1.165) is 11.3 Å². The minimum Gasteiger partial charge on any atom is -0.487 e. The second kappa shape index (κ2) is 5.29. The molecule has 0 aliphatic rings.